The van der Waals surface area contributed by atoms with Gasteiger partial charge in [0.25, 0.3) is 0 Å². The number of nitrogens with zero attached hydrogens (tertiary/aromatic N) is 1. The van der Waals surface area contributed by atoms with E-state index < -0.39 is 5.97 Å². The molecule has 0 bridgehead atoms. The second-order valence-corrected chi connectivity index (χ2v) is 6.87. The van der Waals surface area contributed by atoms with Crippen LogP contribution in [0.25, 0.3) is 22.2 Å². The van der Waals surface area contributed by atoms with Crippen LogP contribution in [-0.2, 0) is 11.2 Å². The van der Waals surface area contributed by atoms with Crippen molar-refractivity contribution in [3.63, 3.8) is 0 Å². The van der Waals surface area contributed by atoms with Crippen molar-refractivity contribution < 1.29 is 9.90 Å². The van der Waals surface area contributed by atoms with E-state index in [1.165, 1.54) is 22.0 Å². The van der Waals surface area contributed by atoms with E-state index in [4.69, 9.17) is 5.11 Å². The molecule has 2 N–H and O–H groups in total. The monoisotopic (exact) mass is 350 g/mol. The number of carboxylic acids is 1. The molecule has 0 atom stereocenters. The van der Waals surface area contributed by atoms with Gasteiger partial charge in [-0.3, -0.25) is 9.78 Å². The summed E-state index contributed by atoms with van der Waals surface area (Å²) < 4.78 is 0. The highest BCUT2D eigenvalue weighted by Gasteiger charge is 2.12. The van der Waals surface area contributed by atoms with E-state index in [9.17, 15) is 4.79 Å². The number of hydrogen-bond donors (Lipinski definition) is 2. The lowest BCUT2D eigenvalue weighted by Gasteiger charge is -2.05. The Hall–Kier alpha value is -2.62. The zero-order valence-corrected chi connectivity index (χ0v) is 15.3. The van der Waals surface area contributed by atoms with Gasteiger partial charge in [-0.05, 0) is 55.5 Å². The van der Waals surface area contributed by atoms with Crippen molar-refractivity contribution in [3.05, 3.63) is 53.9 Å². The van der Waals surface area contributed by atoms with Gasteiger partial charge in [0, 0.05) is 35.3 Å². The fourth-order valence-electron chi connectivity index (χ4n) is 3.63. The lowest BCUT2D eigenvalue weighted by molar-refractivity contribution is -0.137. The van der Waals surface area contributed by atoms with Gasteiger partial charge in [-0.1, -0.05) is 31.4 Å². The second kappa shape index (κ2) is 8.65. The maximum atomic E-state index is 10.5. The Kier molecular flexibility index (Phi) is 6.05. The minimum atomic E-state index is -0.691. The Morgan fingerprint density at radius 1 is 1.08 bits per heavy atom. The van der Waals surface area contributed by atoms with Crippen LogP contribution >= 0.6 is 0 Å². The van der Waals surface area contributed by atoms with Crippen LogP contribution in [0.3, 0.4) is 0 Å². The van der Waals surface area contributed by atoms with Crippen LogP contribution in [0.4, 0.5) is 0 Å². The first-order valence-corrected chi connectivity index (χ1v) is 9.39. The van der Waals surface area contributed by atoms with Gasteiger partial charge in [-0.15, -0.1) is 0 Å². The number of aliphatic carboxylic acids is 1. The Morgan fingerprint density at radius 3 is 2.65 bits per heavy atom. The van der Waals surface area contributed by atoms with Gasteiger partial charge in [0.2, 0.25) is 0 Å². The van der Waals surface area contributed by atoms with Crippen LogP contribution in [0.2, 0.25) is 0 Å². The van der Waals surface area contributed by atoms with Crippen LogP contribution in [0.1, 0.15) is 49.7 Å². The van der Waals surface area contributed by atoms with Gasteiger partial charge in [0.1, 0.15) is 0 Å². The van der Waals surface area contributed by atoms with Gasteiger partial charge < -0.3 is 10.1 Å². The summed E-state index contributed by atoms with van der Waals surface area (Å²) in [7, 11) is 0. The molecule has 1 aromatic carbocycles. The van der Waals surface area contributed by atoms with E-state index in [0.717, 1.165) is 49.8 Å². The van der Waals surface area contributed by atoms with Crippen LogP contribution in [0, 0.1) is 6.92 Å². The Bertz CT molecular complexity index is 868. The van der Waals surface area contributed by atoms with Gasteiger partial charge in [0.15, 0.2) is 0 Å². The first-order valence-electron chi connectivity index (χ1n) is 9.39. The minimum Gasteiger partial charge on any atom is -0.481 e. The third-order valence-electron chi connectivity index (χ3n) is 4.95. The van der Waals surface area contributed by atoms with Gasteiger partial charge >= 0.3 is 5.97 Å². The molecule has 0 aliphatic carbocycles. The lowest BCUT2D eigenvalue weighted by atomic mass is 9.99. The average Bonchev–Trinajstić information content (AvgIpc) is 2.99. The van der Waals surface area contributed by atoms with Crippen LogP contribution in [0.15, 0.2) is 42.7 Å². The normalized spacial score (nSPS) is 11.1. The number of unbranched alkanes of at least 4 members (excludes halogenated alkanes) is 4. The molecular weight excluding hydrogens is 324 g/mol. The summed E-state index contributed by atoms with van der Waals surface area (Å²) in [6.07, 6.45) is 10.2. The molecule has 2 aromatic heterocycles. The maximum Gasteiger partial charge on any atom is 0.303 e. The molecule has 136 valence electrons. The van der Waals surface area contributed by atoms with Crippen molar-refractivity contribution in [2.75, 3.05) is 0 Å². The van der Waals surface area contributed by atoms with E-state index in [1.54, 1.807) is 6.20 Å². The molecule has 3 rings (SSSR count). The van der Waals surface area contributed by atoms with Crippen LogP contribution in [0.5, 0.6) is 0 Å². The molecule has 2 heterocycles. The first-order chi connectivity index (χ1) is 12.7. The maximum absolute atomic E-state index is 10.5. The number of rotatable bonds is 9. The van der Waals surface area contributed by atoms with Crippen molar-refractivity contribution in [3.8, 4) is 11.3 Å². The number of benzene rings is 1. The quantitative estimate of drug-likeness (QED) is 0.500. The number of hydrogen-bond acceptors (Lipinski definition) is 2. The van der Waals surface area contributed by atoms with E-state index in [2.05, 4.69) is 41.2 Å². The molecular formula is C22H26N2O2. The predicted molar refractivity (Wildman–Crippen MR) is 105 cm³/mol. The van der Waals surface area contributed by atoms with Crippen molar-refractivity contribution >= 4 is 16.9 Å². The lowest BCUT2D eigenvalue weighted by Crippen LogP contribution is -1.93. The fourth-order valence-corrected chi connectivity index (χ4v) is 3.63. The molecule has 0 saturated carbocycles. The number of carboxylic acid groups (broad SMARTS) is 1. The Morgan fingerprint density at radius 2 is 1.88 bits per heavy atom. The summed E-state index contributed by atoms with van der Waals surface area (Å²) in [4.78, 5) is 18.3. The molecule has 4 heteroatoms. The average molecular weight is 350 g/mol. The highest BCUT2D eigenvalue weighted by Crippen LogP contribution is 2.32. The van der Waals surface area contributed by atoms with Gasteiger partial charge in [0.05, 0.1) is 5.69 Å². The van der Waals surface area contributed by atoms with E-state index in [-0.39, 0.29) is 0 Å². The third-order valence-corrected chi connectivity index (χ3v) is 4.95. The van der Waals surface area contributed by atoms with Gasteiger partial charge in [-0.2, -0.15) is 0 Å². The Labute approximate surface area is 154 Å². The number of aryl methyl sites for hydroxylation is 2. The fraction of sp³-hybridized carbons (Fsp3) is 0.364. The summed E-state index contributed by atoms with van der Waals surface area (Å²) in [5.41, 5.74) is 6.11. The van der Waals surface area contributed by atoms with E-state index >= 15 is 0 Å². The van der Waals surface area contributed by atoms with Crippen molar-refractivity contribution in [2.45, 2.75) is 51.9 Å². The molecule has 3 aromatic rings. The van der Waals surface area contributed by atoms with Crippen molar-refractivity contribution in [1.82, 2.24) is 9.97 Å². The number of H-pyrrole nitrogens is 1. The summed E-state index contributed by atoms with van der Waals surface area (Å²) in [5.74, 6) is -0.691. The van der Waals surface area contributed by atoms with E-state index in [1.807, 2.05) is 12.3 Å². The standard InChI is InChI=1S/C22H26N2O2/c1-16-21-17(9-5-3-2-4-6-13-20(25)26)10-7-12-19(21)24-22(16)18-11-8-14-23-15-18/h7-8,10-12,14-15,24H,2-6,9,13H2,1H3,(H,25,26). The highest BCUT2D eigenvalue weighted by atomic mass is 16.4. The zero-order chi connectivity index (χ0) is 18.4. The smallest absolute Gasteiger partial charge is 0.303 e. The second-order valence-electron chi connectivity index (χ2n) is 6.87. The summed E-state index contributed by atoms with van der Waals surface area (Å²) in [5, 5.41) is 10.00. The predicted octanol–water partition coefficient (Wildman–Crippen LogP) is 5.51. The highest BCUT2D eigenvalue weighted by molar-refractivity contribution is 5.92. The number of nitrogens with one attached hydrogen (secondary N) is 1. The molecule has 0 radical (unpaired) electrons. The summed E-state index contributed by atoms with van der Waals surface area (Å²) in [6, 6.07) is 10.5. The molecule has 0 unspecified atom stereocenters. The SMILES string of the molecule is Cc1c(-c2cccnc2)[nH]c2cccc(CCCCCCCC(=O)O)c12. The molecule has 0 spiro atoms. The molecule has 0 aliphatic rings. The van der Waals surface area contributed by atoms with Crippen molar-refractivity contribution in [2.24, 2.45) is 0 Å². The number of aromatic nitrogens is 2. The molecule has 4 nitrogen and oxygen atoms in total. The number of pyridine rings is 1. The van der Waals surface area contributed by atoms with Crippen molar-refractivity contribution in [1.29, 1.82) is 0 Å². The first kappa shape index (κ1) is 18.2. The molecule has 26 heavy (non-hydrogen) atoms. The summed E-state index contributed by atoms with van der Waals surface area (Å²) >= 11 is 0. The number of fused-ring (bicyclic) bond motifs is 1. The molecule has 0 aliphatic heterocycles. The number of aromatic amines is 1. The summed E-state index contributed by atoms with van der Waals surface area (Å²) in [6.45, 7) is 2.18. The molecule has 0 saturated heterocycles. The zero-order valence-electron chi connectivity index (χ0n) is 15.3. The molecule has 0 amide bonds. The largest absolute Gasteiger partial charge is 0.481 e. The minimum absolute atomic E-state index is 0.291. The topological polar surface area (TPSA) is 66.0 Å². The Balaban J connectivity index is 1.66. The van der Waals surface area contributed by atoms with Gasteiger partial charge in [-0.25, -0.2) is 0 Å². The van der Waals surface area contributed by atoms with E-state index in [0.29, 0.717) is 6.42 Å². The number of carbonyl (C=O) groups is 1. The third kappa shape index (κ3) is 4.31. The van der Waals surface area contributed by atoms with Crippen LogP contribution in [-0.4, -0.2) is 21.0 Å². The molecule has 0 fully saturated rings. The van der Waals surface area contributed by atoms with Crippen LogP contribution < -0.4 is 0 Å².